The smallest absolute Gasteiger partial charge is 0.196 e. The number of rotatable bonds is 4. The van der Waals surface area contributed by atoms with E-state index in [0.717, 1.165) is 0 Å². The van der Waals surface area contributed by atoms with Gasteiger partial charge in [-0.15, -0.1) is 0 Å². The van der Waals surface area contributed by atoms with Crippen molar-refractivity contribution in [1.29, 1.82) is 0 Å². The average molecular weight is 255 g/mol. The van der Waals surface area contributed by atoms with E-state index >= 15 is 0 Å². The van der Waals surface area contributed by atoms with Crippen molar-refractivity contribution < 1.29 is 22.0 Å². The molecular weight excluding hydrogens is 247 g/mol. The van der Waals surface area contributed by atoms with E-state index in [9.17, 15) is 22.0 Å². The second-order valence-electron chi connectivity index (χ2n) is 2.35. The second kappa shape index (κ2) is 4.39. The Morgan fingerprint density at radius 1 is 0.917 bits per heavy atom. The molecule has 74 valence electrons. The molecule has 0 rings (SSSR count). The quantitative estimate of drug-likeness (QED) is 0.407. The molecule has 0 N–H and O–H groups in total. The number of hydrogen-bond donors (Lipinski definition) is 0. The minimum absolute atomic E-state index is 0.127. The maximum Gasteiger partial charge on any atom is 0.453 e. The summed E-state index contributed by atoms with van der Waals surface area (Å²) in [5.41, 5.74) is 0. The van der Waals surface area contributed by atoms with Crippen LogP contribution < -0.4 is 0 Å². The zero-order chi connectivity index (χ0) is 9.83. The van der Waals surface area contributed by atoms with Crippen molar-refractivity contribution in [1.82, 2.24) is 0 Å². The summed E-state index contributed by atoms with van der Waals surface area (Å²) in [6.45, 7) is 0. The third-order valence-corrected chi connectivity index (χ3v) is 1.85. The third-order valence-electron chi connectivity index (χ3n) is 1.29. The Morgan fingerprint density at radius 3 is 1.75 bits per heavy atom. The molecule has 0 radical (unpaired) electrons. The van der Waals surface area contributed by atoms with Crippen LogP contribution in [0, 0.1) is 0 Å². The molecule has 0 aliphatic carbocycles. The van der Waals surface area contributed by atoms with Crippen LogP contribution >= 0.6 is 15.9 Å². The predicted molar refractivity (Wildman–Crippen MR) is 38.6 cm³/mol. The molecule has 0 amide bonds. The molecule has 12 heavy (non-hydrogen) atoms. The molecule has 0 fully saturated rings. The summed E-state index contributed by atoms with van der Waals surface area (Å²) < 4.78 is 58.7. The molecule has 0 aromatic rings. The summed E-state index contributed by atoms with van der Waals surface area (Å²) in [5.74, 6) is -4.53. The molecule has 0 saturated carbocycles. The van der Waals surface area contributed by atoms with Crippen LogP contribution in [-0.4, -0.2) is 17.4 Å². The summed E-state index contributed by atoms with van der Waals surface area (Å²) in [6.07, 6.45) is -6.33. The Labute approximate surface area is 75.3 Å². The number of alkyl halides is 6. The highest BCUT2D eigenvalue weighted by Crippen LogP contribution is 2.38. The largest absolute Gasteiger partial charge is 0.453 e. The van der Waals surface area contributed by atoms with E-state index in [0.29, 0.717) is 11.8 Å². The fourth-order valence-corrected chi connectivity index (χ4v) is 0.980. The Bertz CT molecular complexity index is 130. The van der Waals surface area contributed by atoms with Crippen LogP contribution in [0.15, 0.2) is 0 Å². The normalized spacial score (nSPS) is 13.5. The lowest BCUT2D eigenvalue weighted by Crippen LogP contribution is -2.36. The van der Waals surface area contributed by atoms with Crippen LogP contribution in [0.25, 0.3) is 0 Å². The van der Waals surface area contributed by atoms with Crippen molar-refractivity contribution in [2.75, 3.05) is 5.33 Å². The first-order valence-corrected chi connectivity index (χ1v) is 4.44. The topological polar surface area (TPSA) is 0 Å². The molecule has 0 aromatic heterocycles. The van der Waals surface area contributed by atoms with Gasteiger partial charge in [-0.2, -0.15) is 22.0 Å². The summed E-state index contributed by atoms with van der Waals surface area (Å²) in [5, 5.41) is 0.445. The third kappa shape index (κ3) is 3.69. The van der Waals surface area contributed by atoms with Gasteiger partial charge in [0.1, 0.15) is 0 Å². The van der Waals surface area contributed by atoms with Crippen molar-refractivity contribution in [2.24, 2.45) is 0 Å². The van der Waals surface area contributed by atoms with Gasteiger partial charge in [0.25, 0.3) is 0 Å². The second-order valence-corrected chi connectivity index (χ2v) is 3.14. The highest BCUT2D eigenvalue weighted by molar-refractivity contribution is 9.09. The lowest BCUT2D eigenvalue weighted by atomic mass is 10.1. The van der Waals surface area contributed by atoms with Gasteiger partial charge in [0.15, 0.2) is 0 Å². The first-order chi connectivity index (χ1) is 5.31. The Balaban J connectivity index is 3.88. The predicted octanol–water partition coefficient (Wildman–Crippen LogP) is 3.75. The van der Waals surface area contributed by atoms with Crippen LogP contribution in [0.2, 0.25) is 0 Å². The van der Waals surface area contributed by atoms with Gasteiger partial charge in [-0.3, -0.25) is 0 Å². The minimum atomic E-state index is -5.40. The van der Waals surface area contributed by atoms with Gasteiger partial charge in [0.05, 0.1) is 0 Å². The van der Waals surface area contributed by atoms with Crippen LogP contribution in [0.4, 0.5) is 22.0 Å². The van der Waals surface area contributed by atoms with Crippen LogP contribution in [-0.2, 0) is 0 Å². The Hall–Kier alpha value is 0.130. The minimum Gasteiger partial charge on any atom is -0.196 e. The van der Waals surface area contributed by atoms with E-state index in [1.807, 2.05) is 0 Å². The van der Waals surface area contributed by atoms with Crippen LogP contribution in [0.3, 0.4) is 0 Å². The van der Waals surface area contributed by atoms with Crippen molar-refractivity contribution in [3.63, 3.8) is 0 Å². The highest BCUT2D eigenvalue weighted by Gasteiger charge is 2.56. The maximum atomic E-state index is 12.1. The van der Waals surface area contributed by atoms with Crippen LogP contribution in [0.5, 0.6) is 0 Å². The monoisotopic (exact) mass is 254 g/mol. The molecule has 0 heterocycles. The van der Waals surface area contributed by atoms with Gasteiger partial charge in [0, 0.05) is 11.8 Å². The standard InChI is InChI=1S/C6H8BrF5/c7-4-2-1-3-5(8,9)6(10,11)12/h1-4H2. The first-order valence-electron chi connectivity index (χ1n) is 3.32. The van der Waals surface area contributed by atoms with E-state index < -0.39 is 18.5 Å². The number of halogens is 6. The van der Waals surface area contributed by atoms with Crippen molar-refractivity contribution in [2.45, 2.75) is 31.4 Å². The molecule has 0 saturated heterocycles. The molecule has 0 aliphatic rings. The molecule has 0 aromatic carbocycles. The summed E-state index contributed by atoms with van der Waals surface area (Å²) in [7, 11) is 0. The molecule has 6 heteroatoms. The molecule has 0 spiro atoms. The number of hydrogen-bond acceptors (Lipinski definition) is 0. The van der Waals surface area contributed by atoms with Gasteiger partial charge in [-0.25, -0.2) is 0 Å². The van der Waals surface area contributed by atoms with E-state index in [1.54, 1.807) is 0 Å². The van der Waals surface area contributed by atoms with Gasteiger partial charge in [-0.05, 0) is 12.8 Å². The van der Waals surface area contributed by atoms with Crippen molar-refractivity contribution >= 4 is 15.9 Å². The van der Waals surface area contributed by atoms with Crippen LogP contribution in [0.1, 0.15) is 19.3 Å². The van der Waals surface area contributed by atoms with Gasteiger partial charge in [0.2, 0.25) is 0 Å². The van der Waals surface area contributed by atoms with E-state index in [4.69, 9.17) is 0 Å². The SMILES string of the molecule is FC(F)(F)C(F)(F)CCCCBr. The Morgan fingerprint density at radius 2 is 1.42 bits per heavy atom. The van der Waals surface area contributed by atoms with Gasteiger partial charge >= 0.3 is 12.1 Å². The first kappa shape index (κ1) is 12.1. The van der Waals surface area contributed by atoms with Crippen molar-refractivity contribution in [3.8, 4) is 0 Å². The highest BCUT2D eigenvalue weighted by atomic mass is 79.9. The maximum absolute atomic E-state index is 12.1. The van der Waals surface area contributed by atoms with E-state index in [2.05, 4.69) is 15.9 Å². The summed E-state index contributed by atoms with van der Waals surface area (Å²) >= 11 is 2.94. The molecule has 0 aliphatic heterocycles. The summed E-state index contributed by atoms with van der Waals surface area (Å²) in [6, 6.07) is 0. The number of unbranched alkanes of at least 4 members (excludes halogenated alkanes) is 1. The molecule has 0 nitrogen and oxygen atoms in total. The van der Waals surface area contributed by atoms with Gasteiger partial charge in [-0.1, -0.05) is 15.9 Å². The van der Waals surface area contributed by atoms with E-state index in [1.165, 1.54) is 0 Å². The van der Waals surface area contributed by atoms with Crippen molar-refractivity contribution in [3.05, 3.63) is 0 Å². The van der Waals surface area contributed by atoms with Gasteiger partial charge < -0.3 is 0 Å². The average Bonchev–Trinajstić information content (AvgIpc) is 1.85. The van der Waals surface area contributed by atoms with E-state index in [-0.39, 0.29) is 6.42 Å². The fourth-order valence-electron chi connectivity index (χ4n) is 0.583. The lowest BCUT2D eigenvalue weighted by Gasteiger charge is -2.18. The summed E-state index contributed by atoms with van der Waals surface area (Å²) in [4.78, 5) is 0. The lowest BCUT2D eigenvalue weighted by molar-refractivity contribution is -0.284. The molecule has 0 bridgehead atoms. The molecular formula is C6H8BrF5. The molecule has 0 unspecified atom stereocenters. The molecule has 0 atom stereocenters. The fraction of sp³-hybridized carbons (Fsp3) is 1.00. The zero-order valence-electron chi connectivity index (χ0n) is 6.10. The zero-order valence-corrected chi connectivity index (χ0v) is 7.68. The Kier molecular flexibility index (Phi) is 4.44.